The molecule has 0 radical (unpaired) electrons. The molecule has 1 aromatic carbocycles. The fraction of sp³-hybridized carbons (Fsp3) is 0.353. The zero-order chi connectivity index (χ0) is 18.0. The summed E-state index contributed by atoms with van der Waals surface area (Å²) in [6, 6.07) is 5.91. The van der Waals surface area contributed by atoms with Crippen LogP contribution in [0.25, 0.3) is 0 Å². The van der Waals surface area contributed by atoms with Crippen molar-refractivity contribution in [3.05, 3.63) is 56.2 Å². The van der Waals surface area contributed by atoms with Gasteiger partial charge in [0, 0.05) is 25.6 Å². The van der Waals surface area contributed by atoms with Crippen molar-refractivity contribution in [3.63, 3.8) is 0 Å². The van der Waals surface area contributed by atoms with E-state index in [4.69, 9.17) is 17.3 Å². The summed E-state index contributed by atoms with van der Waals surface area (Å²) < 4.78 is 13.5. The van der Waals surface area contributed by atoms with Gasteiger partial charge in [0.25, 0.3) is 5.56 Å². The molecule has 1 aliphatic rings. The Bertz CT molecular complexity index is 892. The third-order valence-electron chi connectivity index (χ3n) is 4.22. The first-order valence-electron chi connectivity index (χ1n) is 7.95. The molecule has 8 heteroatoms. The van der Waals surface area contributed by atoms with E-state index in [2.05, 4.69) is 9.97 Å². The van der Waals surface area contributed by atoms with Gasteiger partial charge in [-0.1, -0.05) is 11.6 Å². The van der Waals surface area contributed by atoms with Crippen LogP contribution in [0.2, 0.25) is 5.02 Å². The van der Waals surface area contributed by atoms with E-state index in [0.717, 1.165) is 19.4 Å². The monoisotopic (exact) mass is 361 g/mol. The molecular formula is C17H17ClFN5O. The second-order valence-electron chi connectivity index (χ2n) is 6.09. The Balaban J connectivity index is 1.98. The van der Waals surface area contributed by atoms with E-state index >= 15 is 0 Å². The molecular weight excluding hydrogens is 345 g/mol. The number of aromatic amines is 1. The molecule has 1 aromatic heterocycles. The SMILES string of the molecule is N#Cc1ccc(F)cc1Cc1nc(N2CCC[C@@H](N)C2)[nH]c(=O)c1Cl. The molecule has 25 heavy (non-hydrogen) atoms. The Hall–Kier alpha value is -2.43. The minimum atomic E-state index is -0.462. The second kappa shape index (κ2) is 7.21. The fourth-order valence-corrected chi connectivity index (χ4v) is 3.12. The quantitative estimate of drug-likeness (QED) is 0.870. The minimum Gasteiger partial charge on any atom is -0.341 e. The molecule has 1 saturated heterocycles. The van der Waals surface area contributed by atoms with Crippen LogP contribution in [0.4, 0.5) is 10.3 Å². The molecule has 3 N–H and O–H groups in total. The summed E-state index contributed by atoms with van der Waals surface area (Å²) in [5.74, 6) is -0.0633. The molecule has 130 valence electrons. The zero-order valence-electron chi connectivity index (χ0n) is 13.4. The number of anilines is 1. The van der Waals surface area contributed by atoms with E-state index in [1.807, 2.05) is 11.0 Å². The number of piperidine rings is 1. The summed E-state index contributed by atoms with van der Waals surface area (Å²) >= 11 is 6.09. The summed E-state index contributed by atoms with van der Waals surface area (Å²) in [5, 5.41) is 9.13. The third-order valence-corrected chi connectivity index (χ3v) is 4.61. The molecule has 0 saturated carbocycles. The maximum Gasteiger partial charge on any atom is 0.271 e. The van der Waals surface area contributed by atoms with E-state index in [0.29, 0.717) is 29.3 Å². The van der Waals surface area contributed by atoms with Crippen LogP contribution in [-0.4, -0.2) is 29.1 Å². The lowest BCUT2D eigenvalue weighted by molar-refractivity contribution is 0.499. The molecule has 2 heterocycles. The number of nitrogens with two attached hydrogens (primary N) is 1. The van der Waals surface area contributed by atoms with E-state index in [9.17, 15) is 14.4 Å². The van der Waals surface area contributed by atoms with Crippen molar-refractivity contribution in [1.29, 1.82) is 5.26 Å². The number of hydrogen-bond donors (Lipinski definition) is 2. The summed E-state index contributed by atoms with van der Waals surface area (Å²) in [6.07, 6.45) is 1.93. The van der Waals surface area contributed by atoms with Crippen molar-refractivity contribution in [2.45, 2.75) is 25.3 Å². The van der Waals surface area contributed by atoms with Crippen LogP contribution in [0.5, 0.6) is 0 Å². The number of H-pyrrole nitrogens is 1. The molecule has 6 nitrogen and oxygen atoms in total. The Kier molecular flexibility index (Phi) is 5.02. The molecule has 2 aromatic rings. The normalized spacial score (nSPS) is 17.4. The molecule has 0 aliphatic carbocycles. The maximum absolute atomic E-state index is 13.5. The smallest absolute Gasteiger partial charge is 0.271 e. The van der Waals surface area contributed by atoms with E-state index in [1.165, 1.54) is 18.2 Å². The first-order valence-corrected chi connectivity index (χ1v) is 8.33. The van der Waals surface area contributed by atoms with Crippen molar-refractivity contribution < 1.29 is 4.39 Å². The molecule has 3 rings (SSSR count). The minimum absolute atomic E-state index is 0.0200. The molecule has 0 bridgehead atoms. The summed E-state index contributed by atoms with van der Waals surface area (Å²) in [6.45, 7) is 1.33. The van der Waals surface area contributed by atoms with Crippen molar-refractivity contribution in [2.75, 3.05) is 18.0 Å². The topological polar surface area (TPSA) is 98.8 Å². The van der Waals surface area contributed by atoms with Crippen LogP contribution >= 0.6 is 11.6 Å². The number of benzene rings is 1. The van der Waals surface area contributed by atoms with Crippen molar-refractivity contribution >= 4 is 17.5 Å². The number of nitrogens with one attached hydrogen (secondary N) is 1. The fourth-order valence-electron chi connectivity index (χ4n) is 2.96. The van der Waals surface area contributed by atoms with Gasteiger partial charge in [0.1, 0.15) is 10.8 Å². The average molecular weight is 362 g/mol. The number of hydrogen-bond acceptors (Lipinski definition) is 5. The Labute approximate surface area is 149 Å². The van der Waals surface area contributed by atoms with Gasteiger partial charge in [0.05, 0.1) is 17.3 Å². The molecule has 1 aliphatic heterocycles. The van der Waals surface area contributed by atoms with Crippen LogP contribution < -0.4 is 16.2 Å². The molecule has 0 spiro atoms. The van der Waals surface area contributed by atoms with E-state index in [-0.39, 0.29) is 17.5 Å². The Morgan fingerprint density at radius 1 is 1.52 bits per heavy atom. The van der Waals surface area contributed by atoms with Crippen LogP contribution in [0.15, 0.2) is 23.0 Å². The largest absolute Gasteiger partial charge is 0.341 e. The number of halogens is 2. The maximum atomic E-state index is 13.5. The van der Waals surface area contributed by atoms with Gasteiger partial charge in [-0.2, -0.15) is 5.26 Å². The first-order chi connectivity index (χ1) is 12.0. The van der Waals surface area contributed by atoms with Gasteiger partial charge in [-0.05, 0) is 36.6 Å². The molecule has 1 atom stereocenters. The Morgan fingerprint density at radius 3 is 3.04 bits per heavy atom. The third kappa shape index (κ3) is 3.81. The highest BCUT2D eigenvalue weighted by Crippen LogP contribution is 2.21. The van der Waals surface area contributed by atoms with Crippen molar-refractivity contribution in [1.82, 2.24) is 9.97 Å². The van der Waals surface area contributed by atoms with Crippen LogP contribution in [-0.2, 0) is 6.42 Å². The van der Waals surface area contributed by atoms with Gasteiger partial charge in [-0.25, -0.2) is 9.37 Å². The van der Waals surface area contributed by atoms with Gasteiger partial charge in [0.2, 0.25) is 5.95 Å². The molecule has 1 fully saturated rings. The molecule has 0 unspecified atom stereocenters. The van der Waals surface area contributed by atoms with Crippen molar-refractivity contribution in [2.24, 2.45) is 5.73 Å². The Morgan fingerprint density at radius 2 is 2.32 bits per heavy atom. The summed E-state index contributed by atoms with van der Waals surface area (Å²) in [7, 11) is 0. The number of aromatic nitrogens is 2. The first kappa shape index (κ1) is 17.4. The van der Waals surface area contributed by atoms with Crippen molar-refractivity contribution in [3.8, 4) is 6.07 Å². The average Bonchev–Trinajstić information content (AvgIpc) is 2.59. The van der Waals surface area contributed by atoms with Gasteiger partial charge >= 0.3 is 0 Å². The van der Waals surface area contributed by atoms with Crippen LogP contribution in [0, 0.1) is 17.1 Å². The van der Waals surface area contributed by atoms with E-state index < -0.39 is 11.4 Å². The zero-order valence-corrected chi connectivity index (χ0v) is 14.2. The van der Waals surface area contributed by atoms with Gasteiger partial charge in [-0.15, -0.1) is 0 Å². The predicted octanol–water partition coefficient (Wildman–Crippen LogP) is 1.95. The van der Waals surface area contributed by atoms with Gasteiger partial charge in [-0.3, -0.25) is 9.78 Å². The highest BCUT2D eigenvalue weighted by atomic mass is 35.5. The summed E-state index contributed by atoms with van der Waals surface area (Å²) in [4.78, 5) is 21.2. The van der Waals surface area contributed by atoms with Gasteiger partial charge in [0.15, 0.2) is 0 Å². The predicted molar refractivity (Wildman–Crippen MR) is 93.2 cm³/mol. The number of rotatable bonds is 3. The highest BCUT2D eigenvalue weighted by molar-refractivity contribution is 6.31. The molecule has 0 amide bonds. The lowest BCUT2D eigenvalue weighted by Crippen LogP contribution is -2.44. The second-order valence-corrected chi connectivity index (χ2v) is 6.47. The van der Waals surface area contributed by atoms with E-state index in [1.54, 1.807) is 0 Å². The number of nitrogens with zero attached hydrogens (tertiary/aromatic N) is 3. The van der Waals surface area contributed by atoms with Crippen LogP contribution in [0.1, 0.15) is 29.7 Å². The standard InChI is InChI=1S/C17H17ClFN5O/c18-15-14(7-11-6-12(19)4-3-10(11)8-20)22-17(23-16(15)25)24-5-1-2-13(21)9-24/h3-4,6,13H,1-2,5,7,9,21H2,(H,22,23,25)/t13-/m1/s1. The van der Waals surface area contributed by atoms with Gasteiger partial charge < -0.3 is 10.6 Å². The lowest BCUT2D eigenvalue weighted by Gasteiger charge is -2.31. The number of nitriles is 1. The summed E-state index contributed by atoms with van der Waals surface area (Å²) in [5.41, 5.74) is 6.58. The lowest BCUT2D eigenvalue weighted by atomic mass is 10.0. The van der Waals surface area contributed by atoms with Crippen LogP contribution in [0.3, 0.4) is 0 Å². The highest BCUT2D eigenvalue weighted by Gasteiger charge is 2.21.